The first-order valence-corrected chi connectivity index (χ1v) is 5.70. The van der Waals surface area contributed by atoms with Gasteiger partial charge in [-0.3, -0.25) is 0 Å². The first-order valence-electron chi connectivity index (χ1n) is 5.30. The number of nitrogens with one attached hydrogen (secondary N) is 1. The monoisotopic (exact) mass is 215 g/mol. The molecule has 1 aliphatic rings. The molecule has 0 atom stereocenters. The molecule has 3 nitrogen and oxygen atoms in total. The van der Waals surface area contributed by atoms with Crippen molar-refractivity contribution >= 4 is 17.3 Å². The molecule has 0 aromatic rings. The molecule has 0 unspecified atom stereocenters. The quantitative estimate of drug-likeness (QED) is 0.691. The summed E-state index contributed by atoms with van der Waals surface area (Å²) < 4.78 is 0. The Morgan fingerprint density at radius 1 is 1.36 bits per heavy atom. The van der Waals surface area contributed by atoms with E-state index in [0.29, 0.717) is 5.11 Å². The molecule has 3 N–H and O–H groups in total. The second-order valence-corrected chi connectivity index (χ2v) is 5.15. The Hall–Kier alpha value is -0.350. The lowest BCUT2D eigenvalue weighted by Gasteiger charge is -2.35. The average molecular weight is 215 g/mol. The summed E-state index contributed by atoms with van der Waals surface area (Å²) in [7, 11) is 0. The van der Waals surface area contributed by atoms with Crippen molar-refractivity contribution in [3.05, 3.63) is 0 Å². The molecule has 0 amide bonds. The van der Waals surface area contributed by atoms with Crippen molar-refractivity contribution < 1.29 is 0 Å². The molecule has 0 spiro atoms. The Morgan fingerprint density at radius 3 is 2.43 bits per heavy atom. The Bertz CT molecular complexity index is 198. The van der Waals surface area contributed by atoms with Gasteiger partial charge in [-0.15, -0.1) is 0 Å². The van der Waals surface area contributed by atoms with Gasteiger partial charge in [-0.2, -0.15) is 0 Å². The fourth-order valence-electron chi connectivity index (χ4n) is 2.05. The number of likely N-dealkylation sites (tertiary alicyclic amines) is 1. The molecular weight excluding hydrogens is 194 g/mol. The van der Waals surface area contributed by atoms with Crippen LogP contribution in [0.2, 0.25) is 0 Å². The zero-order chi connectivity index (χ0) is 10.6. The molecule has 4 heteroatoms. The van der Waals surface area contributed by atoms with Gasteiger partial charge in [0.2, 0.25) is 0 Å². The first kappa shape index (κ1) is 11.7. The Balaban J connectivity index is 2.36. The zero-order valence-electron chi connectivity index (χ0n) is 9.18. The minimum Gasteiger partial charge on any atom is -0.376 e. The van der Waals surface area contributed by atoms with Gasteiger partial charge in [0.25, 0.3) is 0 Å². The van der Waals surface area contributed by atoms with Crippen molar-refractivity contribution in [1.82, 2.24) is 10.2 Å². The highest BCUT2D eigenvalue weighted by atomic mass is 32.1. The van der Waals surface area contributed by atoms with Gasteiger partial charge in [-0.1, -0.05) is 6.42 Å². The largest absolute Gasteiger partial charge is 0.376 e. The summed E-state index contributed by atoms with van der Waals surface area (Å²) in [5.74, 6) is 0. The molecule has 0 aromatic heterocycles. The van der Waals surface area contributed by atoms with Gasteiger partial charge in [-0.05, 0) is 52.0 Å². The van der Waals surface area contributed by atoms with Crippen LogP contribution in [0.5, 0.6) is 0 Å². The number of piperidine rings is 1. The number of hydrogen-bond donors (Lipinski definition) is 2. The topological polar surface area (TPSA) is 41.3 Å². The summed E-state index contributed by atoms with van der Waals surface area (Å²) in [6.45, 7) is 7.72. The van der Waals surface area contributed by atoms with E-state index in [1.807, 2.05) is 0 Å². The van der Waals surface area contributed by atoms with Gasteiger partial charge in [0.05, 0.1) is 0 Å². The van der Waals surface area contributed by atoms with Crippen molar-refractivity contribution in [2.75, 3.05) is 19.6 Å². The molecule has 1 heterocycles. The van der Waals surface area contributed by atoms with E-state index in [-0.39, 0.29) is 5.54 Å². The highest BCUT2D eigenvalue weighted by Crippen LogP contribution is 2.12. The van der Waals surface area contributed by atoms with Gasteiger partial charge in [0, 0.05) is 12.1 Å². The third kappa shape index (κ3) is 4.24. The summed E-state index contributed by atoms with van der Waals surface area (Å²) in [5, 5.41) is 3.53. The summed E-state index contributed by atoms with van der Waals surface area (Å²) >= 11 is 4.86. The summed E-state index contributed by atoms with van der Waals surface area (Å²) in [4.78, 5) is 2.48. The number of rotatable bonds is 3. The van der Waals surface area contributed by atoms with Crippen LogP contribution >= 0.6 is 12.2 Å². The lowest BCUT2D eigenvalue weighted by Crippen LogP contribution is -2.53. The number of hydrogen-bond acceptors (Lipinski definition) is 2. The van der Waals surface area contributed by atoms with Gasteiger partial charge in [0.15, 0.2) is 5.11 Å². The number of thiocarbonyl (C=S) groups is 1. The maximum atomic E-state index is 5.49. The van der Waals surface area contributed by atoms with E-state index in [1.54, 1.807) is 0 Å². The van der Waals surface area contributed by atoms with Gasteiger partial charge >= 0.3 is 0 Å². The highest BCUT2D eigenvalue weighted by Gasteiger charge is 2.22. The highest BCUT2D eigenvalue weighted by molar-refractivity contribution is 7.80. The molecule has 0 radical (unpaired) electrons. The average Bonchev–Trinajstić information content (AvgIpc) is 2.02. The fraction of sp³-hybridized carbons (Fsp3) is 0.900. The van der Waals surface area contributed by atoms with Gasteiger partial charge in [0.1, 0.15) is 0 Å². The molecule has 0 aliphatic carbocycles. The second-order valence-electron chi connectivity index (χ2n) is 4.71. The summed E-state index contributed by atoms with van der Waals surface area (Å²) in [6, 6.07) is 0. The van der Waals surface area contributed by atoms with Gasteiger partial charge in [-0.25, -0.2) is 0 Å². The van der Waals surface area contributed by atoms with Crippen LogP contribution in [0.25, 0.3) is 0 Å². The fourth-order valence-corrected chi connectivity index (χ4v) is 2.33. The molecule has 0 saturated carbocycles. The predicted octanol–water partition coefficient (Wildman–Crippen LogP) is 1.08. The van der Waals surface area contributed by atoms with E-state index in [4.69, 9.17) is 18.0 Å². The Kier molecular flexibility index (Phi) is 4.13. The number of nitrogens with zero attached hydrogens (tertiary/aromatic N) is 1. The van der Waals surface area contributed by atoms with E-state index in [0.717, 1.165) is 6.54 Å². The van der Waals surface area contributed by atoms with Gasteiger partial charge < -0.3 is 16.0 Å². The van der Waals surface area contributed by atoms with E-state index >= 15 is 0 Å². The van der Waals surface area contributed by atoms with Crippen molar-refractivity contribution in [3.63, 3.8) is 0 Å². The molecule has 1 fully saturated rings. The van der Waals surface area contributed by atoms with Crippen LogP contribution in [0.3, 0.4) is 0 Å². The van der Waals surface area contributed by atoms with E-state index in [1.165, 1.54) is 32.4 Å². The third-order valence-corrected chi connectivity index (χ3v) is 2.63. The van der Waals surface area contributed by atoms with Crippen LogP contribution in [0, 0.1) is 0 Å². The normalized spacial score (nSPS) is 19.3. The maximum absolute atomic E-state index is 5.49. The first-order chi connectivity index (χ1) is 6.49. The SMILES string of the molecule is CC(C)(CN1CCCCC1)NC(N)=S. The molecular formula is C10H21N3S. The molecule has 0 bridgehead atoms. The molecule has 1 saturated heterocycles. The minimum atomic E-state index is -0.0107. The van der Waals surface area contributed by atoms with Crippen molar-refractivity contribution in [2.45, 2.75) is 38.6 Å². The minimum absolute atomic E-state index is 0.0107. The lowest BCUT2D eigenvalue weighted by molar-refractivity contribution is 0.183. The molecule has 82 valence electrons. The molecule has 14 heavy (non-hydrogen) atoms. The second kappa shape index (κ2) is 4.94. The maximum Gasteiger partial charge on any atom is 0.164 e. The molecule has 1 rings (SSSR count). The predicted molar refractivity (Wildman–Crippen MR) is 64.3 cm³/mol. The summed E-state index contributed by atoms with van der Waals surface area (Å²) in [6.07, 6.45) is 4.02. The third-order valence-electron chi connectivity index (χ3n) is 2.53. The van der Waals surface area contributed by atoms with Crippen LogP contribution in [-0.4, -0.2) is 35.2 Å². The van der Waals surface area contributed by atoms with E-state index in [9.17, 15) is 0 Å². The smallest absolute Gasteiger partial charge is 0.164 e. The number of nitrogens with two attached hydrogens (primary N) is 1. The van der Waals surface area contributed by atoms with E-state index in [2.05, 4.69) is 24.1 Å². The Morgan fingerprint density at radius 2 is 1.93 bits per heavy atom. The lowest BCUT2D eigenvalue weighted by atomic mass is 10.0. The van der Waals surface area contributed by atoms with Crippen molar-refractivity contribution in [2.24, 2.45) is 5.73 Å². The standard InChI is InChI=1S/C10H21N3S/c1-10(2,12-9(11)14)8-13-6-4-3-5-7-13/h3-8H2,1-2H3,(H3,11,12,14). The molecule has 0 aromatic carbocycles. The summed E-state index contributed by atoms with van der Waals surface area (Å²) in [5.41, 5.74) is 5.47. The zero-order valence-corrected chi connectivity index (χ0v) is 9.99. The van der Waals surface area contributed by atoms with Crippen molar-refractivity contribution in [3.8, 4) is 0 Å². The van der Waals surface area contributed by atoms with Crippen LogP contribution in [0.4, 0.5) is 0 Å². The van der Waals surface area contributed by atoms with Crippen LogP contribution < -0.4 is 11.1 Å². The molecule has 1 aliphatic heterocycles. The Labute approximate surface area is 92.0 Å². The van der Waals surface area contributed by atoms with Crippen LogP contribution in [0.15, 0.2) is 0 Å². The van der Waals surface area contributed by atoms with Crippen LogP contribution in [0.1, 0.15) is 33.1 Å². The van der Waals surface area contributed by atoms with Crippen LogP contribution in [-0.2, 0) is 0 Å². The van der Waals surface area contributed by atoms with E-state index < -0.39 is 0 Å². The van der Waals surface area contributed by atoms with Crippen molar-refractivity contribution in [1.29, 1.82) is 0 Å².